The van der Waals surface area contributed by atoms with Crippen LogP contribution in [0.2, 0.25) is 0 Å². The quantitative estimate of drug-likeness (QED) is 0.277. The van der Waals surface area contributed by atoms with Gasteiger partial charge in [0.2, 0.25) is 0 Å². The molecule has 0 fully saturated rings. The Hall–Kier alpha value is -1.63. The van der Waals surface area contributed by atoms with Crippen LogP contribution in [0.4, 0.5) is 0 Å². The Kier molecular flexibility index (Phi) is 10.00. The van der Waals surface area contributed by atoms with E-state index in [-0.39, 0.29) is 0 Å². The van der Waals surface area contributed by atoms with E-state index in [0.29, 0.717) is 6.04 Å². The molecule has 25 heavy (non-hydrogen) atoms. The SMILES string of the molecule is CCCCCCCCCCCC[C@H](c1ccccc1)[n+]1ccccc1. The van der Waals surface area contributed by atoms with E-state index >= 15 is 0 Å². The average molecular weight is 339 g/mol. The van der Waals surface area contributed by atoms with Gasteiger partial charge in [-0.05, 0) is 6.42 Å². The van der Waals surface area contributed by atoms with E-state index in [9.17, 15) is 0 Å². The fourth-order valence-electron chi connectivity index (χ4n) is 3.61. The number of pyridine rings is 1. The standard InChI is InChI=1S/C24H36N/c1-2-3-4-5-6-7-8-9-10-15-20-24(23-18-13-11-14-19-23)25-21-16-12-17-22-25/h11-14,16-19,21-22,24H,2-10,15,20H2,1H3/q+1/t24-/m1/s1. The van der Waals surface area contributed by atoms with Gasteiger partial charge >= 0.3 is 0 Å². The van der Waals surface area contributed by atoms with Gasteiger partial charge in [-0.1, -0.05) is 101 Å². The second-order valence-electron chi connectivity index (χ2n) is 7.22. The highest BCUT2D eigenvalue weighted by Gasteiger charge is 2.19. The van der Waals surface area contributed by atoms with Crippen molar-refractivity contribution >= 4 is 0 Å². The lowest BCUT2D eigenvalue weighted by Gasteiger charge is -2.13. The average Bonchev–Trinajstić information content (AvgIpc) is 2.67. The van der Waals surface area contributed by atoms with Gasteiger partial charge in [-0.25, -0.2) is 0 Å². The molecule has 0 saturated carbocycles. The molecule has 136 valence electrons. The summed E-state index contributed by atoms with van der Waals surface area (Å²) in [7, 11) is 0. The van der Waals surface area contributed by atoms with Crippen molar-refractivity contribution in [2.45, 2.75) is 83.6 Å². The maximum absolute atomic E-state index is 2.36. The molecule has 1 heterocycles. The van der Waals surface area contributed by atoms with Gasteiger partial charge in [-0.15, -0.1) is 0 Å². The van der Waals surface area contributed by atoms with E-state index in [0.717, 1.165) is 0 Å². The van der Waals surface area contributed by atoms with E-state index in [4.69, 9.17) is 0 Å². The summed E-state index contributed by atoms with van der Waals surface area (Å²) in [5.41, 5.74) is 1.43. The number of nitrogens with zero attached hydrogens (tertiary/aromatic N) is 1. The highest BCUT2D eigenvalue weighted by atomic mass is 15.0. The Bertz CT molecular complexity index is 495. The third-order valence-electron chi connectivity index (χ3n) is 5.11. The highest BCUT2D eigenvalue weighted by Crippen LogP contribution is 2.20. The van der Waals surface area contributed by atoms with Gasteiger partial charge in [0.15, 0.2) is 18.4 Å². The lowest BCUT2D eigenvalue weighted by molar-refractivity contribution is -0.714. The number of rotatable bonds is 13. The van der Waals surface area contributed by atoms with Crippen molar-refractivity contribution in [3.8, 4) is 0 Å². The van der Waals surface area contributed by atoms with E-state index < -0.39 is 0 Å². The Balaban J connectivity index is 1.69. The fraction of sp³-hybridized carbons (Fsp3) is 0.542. The van der Waals surface area contributed by atoms with Crippen molar-refractivity contribution in [2.24, 2.45) is 0 Å². The Morgan fingerprint density at radius 2 is 1.16 bits per heavy atom. The Morgan fingerprint density at radius 1 is 0.640 bits per heavy atom. The van der Waals surface area contributed by atoms with E-state index in [1.165, 1.54) is 76.2 Å². The largest absolute Gasteiger partial charge is 0.198 e. The smallest absolute Gasteiger partial charge is 0.183 e. The van der Waals surface area contributed by atoms with Crippen molar-refractivity contribution in [3.05, 3.63) is 66.5 Å². The molecule has 0 radical (unpaired) electrons. The van der Waals surface area contributed by atoms with Gasteiger partial charge in [-0.3, -0.25) is 0 Å². The third kappa shape index (κ3) is 7.86. The third-order valence-corrected chi connectivity index (χ3v) is 5.11. The number of hydrogen-bond acceptors (Lipinski definition) is 0. The molecule has 1 heteroatoms. The first-order valence-corrected chi connectivity index (χ1v) is 10.4. The molecule has 0 spiro atoms. The predicted molar refractivity (Wildman–Crippen MR) is 108 cm³/mol. The van der Waals surface area contributed by atoms with Crippen molar-refractivity contribution in [3.63, 3.8) is 0 Å². The number of hydrogen-bond donors (Lipinski definition) is 0. The first kappa shape index (κ1) is 19.7. The first-order chi connectivity index (χ1) is 12.4. The van der Waals surface area contributed by atoms with Crippen LogP contribution in [-0.4, -0.2) is 0 Å². The van der Waals surface area contributed by atoms with Crippen LogP contribution in [-0.2, 0) is 0 Å². The normalized spacial score (nSPS) is 12.2. The summed E-state index contributed by atoms with van der Waals surface area (Å²) >= 11 is 0. The summed E-state index contributed by atoms with van der Waals surface area (Å²) in [6.07, 6.45) is 19.6. The van der Waals surface area contributed by atoms with Crippen molar-refractivity contribution < 1.29 is 4.57 Å². The zero-order valence-electron chi connectivity index (χ0n) is 16.1. The summed E-state index contributed by atoms with van der Waals surface area (Å²) < 4.78 is 2.36. The number of unbranched alkanes of at least 4 members (excludes halogenated alkanes) is 9. The lowest BCUT2D eigenvalue weighted by atomic mass is 9.99. The number of benzene rings is 1. The van der Waals surface area contributed by atoms with Gasteiger partial charge in [-0.2, -0.15) is 4.57 Å². The predicted octanol–water partition coefficient (Wildman–Crippen LogP) is 6.87. The maximum atomic E-state index is 2.36. The molecule has 0 unspecified atom stereocenters. The minimum atomic E-state index is 0.469. The van der Waals surface area contributed by atoms with Crippen LogP contribution in [0, 0.1) is 0 Å². The molecule has 0 aliphatic heterocycles. The molecule has 0 aliphatic carbocycles. The molecule has 2 rings (SSSR count). The van der Waals surface area contributed by atoms with Crippen molar-refractivity contribution in [2.75, 3.05) is 0 Å². The van der Waals surface area contributed by atoms with Gasteiger partial charge < -0.3 is 0 Å². The van der Waals surface area contributed by atoms with Gasteiger partial charge in [0, 0.05) is 24.1 Å². The summed E-state index contributed by atoms with van der Waals surface area (Å²) in [6.45, 7) is 2.29. The molecular formula is C24H36N+. The van der Waals surface area contributed by atoms with Crippen LogP contribution in [0.25, 0.3) is 0 Å². The van der Waals surface area contributed by atoms with Crippen molar-refractivity contribution in [1.82, 2.24) is 0 Å². The van der Waals surface area contributed by atoms with Crippen LogP contribution in [0.1, 0.15) is 89.2 Å². The molecule has 0 saturated heterocycles. The molecule has 1 nitrogen and oxygen atoms in total. The molecule has 0 amide bonds. The van der Waals surface area contributed by atoms with Crippen LogP contribution < -0.4 is 4.57 Å². The van der Waals surface area contributed by atoms with Crippen LogP contribution in [0.15, 0.2) is 60.9 Å². The monoisotopic (exact) mass is 338 g/mol. The zero-order valence-corrected chi connectivity index (χ0v) is 16.1. The first-order valence-electron chi connectivity index (χ1n) is 10.4. The maximum Gasteiger partial charge on any atom is 0.183 e. The fourth-order valence-corrected chi connectivity index (χ4v) is 3.61. The second-order valence-corrected chi connectivity index (χ2v) is 7.22. The van der Waals surface area contributed by atoms with Crippen LogP contribution >= 0.6 is 0 Å². The minimum Gasteiger partial charge on any atom is -0.198 e. The summed E-state index contributed by atoms with van der Waals surface area (Å²) in [5, 5.41) is 0. The lowest BCUT2D eigenvalue weighted by Crippen LogP contribution is -2.39. The second kappa shape index (κ2) is 12.7. The van der Waals surface area contributed by atoms with E-state index in [2.05, 4.69) is 72.4 Å². The number of aromatic nitrogens is 1. The van der Waals surface area contributed by atoms with Crippen molar-refractivity contribution in [1.29, 1.82) is 0 Å². The highest BCUT2D eigenvalue weighted by molar-refractivity contribution is 5.17. The van der Waals surface area contributed by atoms with E-state index in [1.807, 2.05) is 0 Å². The molecule has 0 N–H and O–H groups in total. The Labute approximate surface area is 155 Å². The molecule has 1 aromatic carbocycles. The molecule has 0 aliphatic rings. The van der Waals surface area contributed by atoms with E-state index in [1.54, 1.807) is 0 Å². The minimum absolute atomic E-state index is 0.469. The van der Waals surface area contributed by atoms with Gasteiger partial charge in [0.05, 0.1) is 0 Å². The topological polar surface area (TPSA) is 3.88 Å². The van der Waals surface area contributed by atoms with Crippen LogP contribution in [0.3, 0.4) is 0 Å². The molecule has 0 bridgehead atoms. The van der Waals surface area contributed by atoms with Gasteiger partial charge in [0.1, 0.15) is 0 Å². The molecule has 1 aromatic heterocycles. The Morgan fingerprint density at radius 3 is 1.76 bits per heavy atom. The molecule has 2 aromatic rings. The molecular weight excluding hydrogens is 302 g/mol. The summed E-state index contributed by atoms with van der Waals surface area (Å²) in [4.78, 5) is 0. The summed E-state index contributed by atoms with van der Waals surface area (Å²) in [6, 6.07) is 17.8. The molecule has 1 atom stereocenters. The van der Waals surface area contributed by atoms with Gasteiger partial charge in [0.25, 0.3) is 0 Å². The van der Waals surface area contributed by atoms with Crippen LogP contribution in [0.5, 0.6) is 0 Å². The summed E-state index contributed by atoms with van der Waals surface area (Å²) in [5.74, 6) is 0. The zero-order chi connectivity index (χ0) is 17.6.